The van der Waals surface area contributed by atoms with Crippen molar-refractivity contribution in [1.29, 1.82) is 0 Å². The minimum Gasteiger partial charge on any atom is -0.355 e. The number of amides is 2. The second kappa shape index (κ2) is 6.60. The highest BCUT2D eigenvalue weighted by atomic mass is 79.9. The highest BCUT2D eigenvalue weighted by Crippen LogP contribution is 2.47. The maximum absolute atomic E-state index is 12.4. The SMILES string of the molecule is CCCCNC(=O)C1(C(=O)Nc2ccc(C)cc2Br)CC1. The number of unbranched alkanes of at least 4 members (excludes halogenated alkanes) is 1. The van der Waals surface area contributed by atoms with Crippen LogP contribution >= 0.6 is 15.9 Å². The monoisotopic (exact) mass is 352 g/mol. The van der Waals surface area contributed by atoms with Gasteiger partial charge in [0.15, 0.2) is 0 Å². The van der Waals surface area contributed by atoms with E-state index in [1.54, 1.807) is 0 Å². The number of nitrogens with one attached hydrogen (secondary N) is 2. The lowest BCUT2D eigenvalue weighted by Gasteiger charge is -2.16. The van der Waals surface area contributed by atoms with Gasteiger partial charge in [-0.15, -0.1) is 0 Å². The third-order valence-electron chi connectivity index (χ3n) is 3.81. The smallest absolute Gasteiger partial charge is 0.240 e. The number of hydrogen-bond acceptors (Lipinski definition) is 2. The molecule has 1 aromatic rings. The first-order valence-electron chi connectivity index (χ1n) is 7.35. The van der Waals surface area contributed by atoms with Crippen LogP contribution in [0.1, 0.15) is 38.2 Å². The van der Waals surface area contributed by atoms with Crippen LogP contribution in [0.2, 0.25) is 0 Å². The van der Waals surface area contributed by atoms with E-state index >= 15 is 0 Å². The summed E-state index contributed by atoms with van der Waals surface area (Å²) >= 11 is 3.44. The number of halogens is 1. The quantitative estimate of drug-likeness (QED) is 0.608. The summed E-state index contributed by atoms with van der Waals surface area (Å²) in [5, 5.41) is 5.73. The van der Waals surface area contributed by atoms with E-state index in [-0.39, 0.29) is 11.8 Å². The fourth-order valence-corrected chi connectivity index (χ4v) is 2.79. The van der Waals surface area contributed by atoms with E-state index in [0.717, 1.165) is 22.9 Å². The Kier molecular flexibility index (Phi) is 5.04. The Bertz CT molecular complexity index is 553. The van der Waals surface area contributed by atoms with Crippen molar-refractivity contribution in [2.75, 3.05) is 11.9 Å². The van der Waals surface area contributed by atoms with Crippen LogP contribution in [0, 0.1) is 12.3 Å². The number of anilines is 1. The van der Waals surface area contributed by atoms with Gasteiger partial charge in [0.1, 0.15) is 5.41 Å². The fourth-order valence-electron chi connectivity index (χ4n) is 2.19. The Hall–Kier alpha value is -1.36. The van der Waals surface area contributed by atoms with Crippen molar-refractivity contribution in [2.24, 2.45) is 5.41 Å². The summed E-state index contributed by atoms with van der Waals surface area (Å²) in [6.07, 6.45) is 3.21. The van der Waals surface area contributed by atoms with Gasteiger partial charge in [-0.1, -0.05) is 19.4 Å². The molecule has 2 rings (SSSR count). The number of carbonyl (C=O) groups excluding carboxylic acids is 2. The summed E-state index contributed by atoms with van der Waals surface area (Å²) in [5.74, 6) is -0.349. The van der Waals surface area contributed by atoms with Crippen molar-refractivity contribution in [3.8, 4) is 0 Å². The molecule has 0 radical (unpaired) electrons. The second-order valence-corrected chi connectivity index (χ2v) is 6.48. The van der Waals surface area contributed by atoms with Crippen molar-refractivity contribution < 1.29 is 9.59 Å². The van der Waals surface area contributed by atoms with Crippen LogP contribution in [-0.4, -0.2) is 18.4 Å². The lowest BCUT2D eigenvalue weighted by molar-refractivity contribution is -0.134. The molecule has 0 saturated heterocycles. The highest BCUT2D eigenvalue weighted by molar-refractivity contribution is 9.10. The van der Waals surface area contributed by atoms with E-state index < -0.39 is 5.41 Å². The molecule has 0 spiro atoms. The summed E-state index contributed by atoms with van der Waals surface area (Å²) in [6, 6.07) is 5.72. The van der Waals surface area contributed by atoms with Crippen LogP contribution in [0.4, 0.5) is 5.69 Å². The van der Waals surface area contributed by atoms with Crippen molar-refractivity contribution >= 4 is 33.4 Å². The van der Waals surface area contributed by atoms with Crippen LogP contribution in [0.3, 0.4) is 0 Å². The van der Waals surface area contributed by atoms with Crippen LogP contribution in [0.25, 0.3) is 0 Å². The van der Waals surface area contributed by atoms with E-state index in [0.29, 0.717) is 25.1 Å². The topological polar surface area (TPSA) is 58.2 Å². The van der Waals surface area contributed by atoms with Gasteiger partial charge in [0.25, 0.3) is 0 Å². The average molecular weight is 353 g/mol. The van der Waals surface area contributed by atoms with Crippen molar-refractivity contribution in [3.05, 3.63) is 28.2 Å². The van der Waals surface area contributed by atoms with Crippen molar-refractivity contribution in [2.45, 2.75) is 39.5 Å². The molecule has 2 amide bonds. The number of hydrogen-bond donors (Lipinski definition) is 2. The van der Waals surface area contributed by atoms with Crippen molar-refractivity contribution in [1.82, 2.24) is 5.32 Å². The lowest BCUT2D eigenvalue weighted by Crippen LogP contribution is -2.40. The van der Waals surface area contributed by atoms with Gasteiger partial charge in [-0.05, 0) is 59.8 Å². The molecule has 0 unspecified atom stereocenters. The number of benzene rings is 1. The molecule has 1 fully saturated rings. The van der Waals surface area contributed by atoms with E-state index in [1.807, 2.05) is 25.1 Å². The van der Waals surface area contributed by atoms with Crippen molar-refractivity contribution in [3.63, 3.8) is 0 Å². The maximum atomic E-state index is 12.4. The molecule has 1 aliphatic carbocycles. The number of aryl methyl sites for hydroxylation is 1. The standard InChI is InChI=1S/C16H21BrN2O2/c1-3-4-9-18-14(20)16(7-8-16)15(21)19-13-6-5-11(2)10-12(13)17/h5-6,10H,3-4,7-9H2,1-2H3,(H,18,20)(H,19,21). The minimum atomic E-state index is -0.863. The summed E-state index contributed by atoms with van der Waals surface area (Å²) in [7, 11) is 0. The first-order chi connectivity index (χ1) is 9.99. The molecule has 2 N–H and O–H groups in total. The Morgan fingerprint density at radius 2 is 2.00 bits per heavy atom. The number of rotatable bonds is 6. The van der Waals surface area contributed by atoms with Crippen LogP contribution in [0.15, 0.2) is 22.7 Å². The van der Waals surface area contributed by atoms with Crippen LogP contribution in [-0.2, 0) is 9.59 Å². The van der Waals surface area contributed by atoms with Gasteiger partial charge < -0.3 is 10.6 Å². The molecule has 0 aromatic heterocycles. The van der Waals surface area contributed by atoms with Gasteiger partial charge in [-0.25, -0.2) is 0 Å². The van der Waals surface area contributed by atoms with E-state index in [4.69, 9.17) is 0 Å². The molecule has 4 nitrogen and oxygen atoms in total. The first kappa shape index (κ1) is 16.0. The zero-order valence-corrected chi connectivity index (χ0v) is 14.0. The predicted octanol–water partition coefficient (Wildman–Crippen LogP) is 3.39. The Labute approximate surface area is 133 Å². The molecule has 1 aromatic carbocycles. The Morgan fingerprint density at radius 1 is 1.29 bits per heavy atom. The minimum absolute atomic E-state index is 0.142. The maximum Gasteiger partial charge on any atom is 0.240 e. The molecule has 0 heterocycles. The molecule has 1 aliphatic rings. The molecule has 0 aliphatic heterocycles. The summed E-state index contributed by atoms with van der Waals surface area (Å²) in [6.45, 7) is 4.69. The lowest BCUT2D eigenvalue weighted by atomic mass is 10.0. The molecule has 0 atom stereocenters. The summed E-state index contributed by atoms with van der Waals surface area (Å²) < 4.78 is 0.832. The molecule has 1 saturated carbocycles. The second-order valence-electron chi connectivity index (χ2n) is 5.63. The predicted molar refractivity (Wildman–Crippen MR) is 87.1 cm³/mol. The molecule has 21 heavy (non-hydrogen) atoms. The molecule has 114 valence electrons. The summed E-state index contributed by atoms with van der Waals surface area (Å²) in [5.41, 5.74) is 0.953. The normalized spacial score (nSPS) is 15.4. The number of carbonyl (C=O) groups is 2. The van der Waals surface area contributed by atoms with Crippen LogP contribution < -0.4 is 10.6 Å². The van der Waals surface area contributed by atoms with E-state index in [9.17, 15) is 9.59 Å². The third kappa shape index (κ3) is 3.64. The van der Waals surface area contributed by atoms with E-state index in [1.165, 1.54) is 0 Å². The van der Waals surface area contributed by atoms with Gasteiger partial charge in [-0.3, -0.25) is 9.59 Å². The first-order valence-corrected chi connectivity index (χ1v) is 8.15. The van der Waals surface area contributed by atoms with Gasteiger partial charge >= 0.3 is 0 Å². The zero-order chi connectivity index (χ0) is 15.5. The summed E-state index contributed by atoms with van der Waals surface area (Å²) in [4.78, 5) is 24.6. The largest absolute Gasteiger partial charge is 0.355 e. The molecule has 5 heteroatoms. The molecule has 0 bridgehead atoms. The Balaban J connectivity index is 2.00. The Morgan fingerprint density at radius 3 is 2.57 bits per heavy atom. The molecular formula is C16H21BrN2O2. The third-order valence-corrected chi connectivity index (χ3v) is 4.46. The van der Waals surface area contributed by atoms with Gasteiger partial charge in [-0.2, -0.15) is 0 Å². The molecular weight excluding hydrogens is 332 g/mol. The zero-order valence-electron chi connectivity index (χ0n) is 12.5. The van der Waals surface area contributed by atoms with Gasteiger partial charge in [0.05, 0.1) is 5.69 Å². The van der Waals surface area contributed by atoms with Crippen LogP contribution in [0.5, 0.6) is 0 Å². The van der Waals surface area contributed by atoms with Gasteiger partial charge in [0.2, 0.25) is 11.8 Å². The van der Waals surface area contributed by atoms with E-state index in [2.05, 4.69) is 33.5 Å². The fraction of sp³-hybridized carbons (Fsp3) is 0.500. The van der Waals surface area contributed by atoms with Gasteiger partial charge in [0, 0.05) is 11.0 Å². The highest BCUT2D eigenvalue weighted by Gasteiger charge is 2.56. The average Bonchev–Trinajstić information content (AvgIpc) is 3.23.